The van der Waals surface area contributed by atoms with Crippen LogP contribution in [-0.2, 0) is 11.4 Å². The van der Waals surface area contributed by atoms with E-state index in [0.29, 0.717) is 24.4 Å². The van der Waals surface area contributed by atoms with Crippen molar-refractivity contribution < 1.29 is 13.6 Å². The van der Waals surface area contributed by atoms with E-state index in [1.165, 1.54) is 12.1 Å². The average Bonchev–Trinajstić information content (AvgIpc) is 3.02. The third kappa shape index (κ3) is 2.50. The molecule has 0 aliphatic carbocycles. The Morgan fingerprint density at radius 1 is 1.37 bits per heavy atom. The van der Waals surface area contributed by atoms with Gasteiger partial charge in [0.25, 0.3) is 0 Å². The molecule has 3 rings (SSSR count). The van der Waals surface area contributed by atoms with Gasteiger partial charge in [0.05, 0.1) is 25.0 Å². The molecule has 1 aliphatic heterocycles. The lowest BCUT2D eigenvalue weighted by Gasteiger charge is -2.13. The summed E-state index contributed by atoms with van der Waals surface area (Å²) in [7, 11) is 0. The number of H-pyrrole nitrogens is 1. The molecule has 0 unspecified atom stereocenters. The topological polar surface area (TPSA) is 41.2 Å². The number of aromatic amines is 1. The van der Waals surface area contributed by atoms with Crippen molar-refractivity contribution in [1.29, 1.82) is 0 Å². The van der Waals surface area contributed by atoms with Gasteiger partial charge < -0.3 is 0 Å². The summed E-state index contributed by atoms with van der Waals surface area (Å²) >= 11 is 0. The Balaban J connectivity index is 1.90. The van der Waals surface area contributed by atoms with Crippen molar-refractivity contribution in [2.75, 3.05) is 13.2 Å². The normalized spacial score (nSPS) is 16.1. The molecule has 0 bridgehead atoms. The number of hydroxylamine groups is 2. The van der Waals surface area contributed by atoms with E-state index in [9.17, 15) is 8.78 Å². The number of hydrogen-bond donors (Lipinski definition) is 1. The molecule has 0 radical (unpaired) electrons. The van der Waals surface area contributed by atoms with Crippen LogP contribution < -0.4 is 0 Å². The first-order valence-electron chi connectivity index (χ1n) is 6.09. The molecule has 0 spiro atoms. The second-order valence-corrected chi connectivity index (χ2v) is 4.44. The highest BCUT2D eigenvalue weighted by atomic mass is 19.1. The van der Waals surface area contributed by atoms with E-state index in [2.05, 4.69) is 10.2 Å². The number of benzene rings is 1. The number of rotatable bonds is 3. The zero-order valence-electron chi connectivity index (χ0n) is 10.2. The van der Waals surface area contributed by atoms with E-state index in [0.717, 1.165) is 24.6 Å². The van der Waals surface area contributed by atoms with Crippen LogP contribution in [0.5, 0.6) is 0 Å². The molecular formula is C13H13F2N3O. The van der Waals surface area contributed by atoms with Gasteiger partial charge >= 0.3 is 0 Å². The Hall–Kier alpha value is -1.79. The lowest BCUT2D eigenvalue weighted by Crippen LogP contribution is -2.17. The predicted octanol–water partition coefficient (Wildman–Crippen LogP) is 2.49. The molecule has 1 aliphatic rings. The Morgan fingerprint density at radius 3 is 3.00 bits per heavy atom. The van der Waals surface area contributed by atoms with Crippen molar-refractivity contribution in [2.24, 2.45) is 0 Å². The number of hydrogen-bond acceptors (Lipinski definition) is 3. The van der Waals surface area contributed by atoms with E-state index in [1.807, 2.05) is 5.06 Å². The van der Waals surface area contributed by atoms with Crippen LogP contribution >= 0.6 is 0 Å². The van der Waals surface area contributed by atoms with Crippen LogP contribution in [-0.4, -0.2) is 28.4 Å². The number of nitrogens with one attached hydrogen (secondary N) is 1. The van der Waals surface area contributed by atoms with Crippen LogP contribution in [0.1, 0.15) is 12.0 Å². The van der Waals surface area contributed by atoms with Crippen LogP contribution in [0, 0.1) is 11.6 Å². The zero-order valence-corrected chi connectivity index (χ0v) is 10.2. The minimum Gasteiger partial charge on any atom is -0.299 e. The minimum absolute atomic E-state index is 0.313. The van der Waals surface area contributed by atoms with Crippen molar-refractivity contribution in [3.8, 4) is 11.3 Å². The van der Waals surface area contributed by atoms with Gasteiger partial charge in [0.15, 0.2) is 0 Å². The molecule has 1 aromatic heterocycles. The maximum atomic E-state index is 13.8. The van der Waals surface area contributed by atoms with Gasteiger partial charge in [-0.2, -0.15) is 10.2 Å². The third-order valence-electron chi connectivity index (χ3n) is 3.09. The number of nitrogens with zero attached hydrogens (tertiary/aromatic N) is 2. The molecule has 4 nitrogen and oxygen atoms in total. The van der Waals surface area contributed by atoms with Gasteiger partial charge in [0.2, 0.25) is 0 Å². The molecule has 2 heterocycles. The van der Waals surface area contributed by atoms with E-state index >= 15 is 0 Å². The quantitative estimate of drug-likeness (QED) is 0.927. The molecule has 1 N–H and O–H groups in total. The Labute approximate surface area is 108 Å². The first-order valence-corrected chi connectivity index (χ1v) is 6.09. The van der Waals surface area contributed by atoms with Crippen molar-refractivity contribution in [3.63, 3.8) is 0 Å². The summed E-state index contributed by atoms with van der Waals surface area (Å²) in [5.41, 5.74) is 1.70. The second kappa shape index (κ2) is 5.07. The smallest absolute Gasteiger partial charge is 0.135 e. The second-order valence-electron chi connectivity index (χ2n) is 4.44. The predicted molar refractivity (Wildman–Crippen MR) is 64.9 cm³/mol. The molecule has 6 heteroatoms. The van der Waals surface area contributed by atoms with Gasteiger partial charge in [-0.3, -0.25) is 9.94 Å². The summed E-state index contributed by atoms with van der Waals surface area (Å²) in [5, 5.41) is 8.51. The summed E-state index contributed by atoms with van der Waals surface area (Å²) in [6, 6.07) is 3.51. The number of aromatic nitrogens is 2. The van der Waals surface area contributed by atoms with Crippen LogP contribution in [0.2, 0.25) is 0 Å². The van der Waals surface area contributed by atoms with Gasteiger partial charge in [-0.1, -0.05) is 0 Å². The van der Waals surface area contributed by atoms with E-state index < -0.39 is 11.6 Å². The standard InChI is InChI=1S/C13H13F2N3O/c14-10-2-3-11(12(15)6-10)13-9(7-16-17-13)8-18-4-1-5-19-18/h2-3,6-7H,1,4-5,8H2,(H,16,17). The van der Waals surface area contributed by atoms with Crippen molar-refractivity contribution >= 4 is 0 Å². The lowest BCUT2D eigenvalue weighted by molar-refractivity contribution is -0.117. The molecule has 0 saturated carbocycles. The molecule has 19 heavy (non-hydrogen) atoms. The summed E-state index contributed by atoms with van der Waals surface area (Å²) in [5.74, 6) is -1.20. The summed E-state index contributed by atoms with van der Waals surface area (Å²) in [6.07, 6.45) is 2.62. The number of halogens is 2. The lowest BCUT2D eigenvalue weighted by atomic mass is 10.1. The van der Waals surface area contributed by atoms with E-state index in [1.54, 1.807) is 6.20 Å². The molecule has 1 fully saturated rings. The average molecular weight is 265 g/mol. The molecule has 1 aromatic carbocycles. The maximum absolute atomic E-state index is 13.8. The minimum atomic E-state index is -0.604. The van der Waals surface area contributed by atoms with Gasteiger partial charge in [-0.25, -0.2) is 8.78 Å². The summed E-state index contributed by atoms with van der Waals surface area (Å²) < 4.78 is 26.7. The van der Waals surface area contributed by atoms with Gasteiger partial charge in [-0.15, -0.1) is 0 Å². The van der Waals surface area contributed by atoms with Crippen LogP contribution in [0.25, 0.3) is 11.3 Å². The third-order valence-corrected chi connectivity index (χ3v) is 3.09. The first-order chi connectivity index (χ1) is 9.24. The van der Waals surface area contributed by atoms with Gasteiger partial charge in [0.1, 0.15) is 11.6 Å². The van der Waals surface area contributed by atoms with E-state index in [-0.39, 0.29) is 0 Å². The Morgan fingerprint density at radius 2 is 2.26 bits per heavy atom. The van der Waals surface area contributed by atoms with Crippen molar-refractivity contribution in [1.82, 2.24) is 15.3 Å². The van der Waals surface area contributed by atoms with Gasteiger partial charge in [-0.05, 0) is 18.6 Å². The van der Waals surface area contributed by atoms with Crippen LogP contribution in [0.15, 0.2) is 24.4 Å². The molecule has 0 atom stereocenters. The van der Waals surface area contributed by atoms with Crippen LogP contribution in [0.3, 0.4) is 0 Å². The molecule has 0 amide bonds. The van der Waals surface area contributed by atoms with Crippen LogP contribution in [0.4, 0.5) is 8.78 Å². The fraction of sp³-hybridized carbons (Fsp3) is 0.308. The highest BCUT2D eigenvalue weighted by molar-refractivity contribution is 5.63. The maximum Gasteiger partial charge on any atom is 0.135 e. The summed E-state index contributed by atoms with van der Waals surface area (Å²) in [4.78, 5) is 5.40. The SMILES string of the molecule is Fc1ccc(-c2[nH]ncc2CN2CCCO2)c(F)c1. The molecule has 100 valence electrons. The first kappa shape index (κ1) is 12.3. The molecular weight excluding hydrogens is 252 g/mol. The van der Waals surface area contributed by atoms with E-state index in [4.69, 9.17) is 4.84 Å². The highest BCUT2D eigenvalue weighted by Gasteiger charge is 2.18. The highest BCUT2D eigenvalue weighted by Crippen LogP contribution is 2.26. The molecule has 1 saturated heterocycles. The van der Waals surface area contributed by atoms with Gasteiger partial charge in [0, 0.05) is 23.7 Å². The Kier molecular flexibility index (Phi) is 3.27. The summed E-state index contributed by atoms with van der Waals surface area (Å²) in [6.45, 7) is 2.08. The monoisotopic (exact) mass is 265 g/mol. The zero-order chi connectivity index (χ0) is 13.2. The molecule has 2 aromatic rings. The largest absolute Gasteiger partial charge is 0.299 e. The fourth-order valence-electron chi connectivity index (χ4n) is 2.17. The van der Waals surface area contributed by atoms with Crippen molar-refractivity contribution in [2.45, 2.75) is 13.0 Å². The van der Waals surface area contributed by atoms with Crippen molar-refractivity contribution in [3.05, 3.63) is 41.6 Å². The fourth-order valence-corrected chi connectivity index (χ4v) is 2.17. The Bertz CT molecular complexity index is 579.